The first kappa shape index (κ1) is 26.1. The van der Waals surface area contributed by atoms with Crippen LogP contribution in [0.4, 0.5) is 5.82 Å². The van der Waals surface area contributed by atoms with Gasteiger partial charge in [0.15, 0.2) is 0 Å². The zero-order valence-electron chi connectivity index (χ0n) is 22.6. The van der Waals surface area contributed by atoms with Crippen molar-refractivity contribution in [3.8, 4) is 34.1 Å². The number of fused-ring (bicyclic) bond motifs is 1. The van der Waals surface area contributed by atoms with Gasteiger partial charge in [-0.15, -0.1) is 0 Å². The molecule has 198 valence electrons. The van der Waals surface area contributed by atoms with E-state index in [1.807, 2.05) is 71.9 Å². The number of carbonyl (C=O) groups excluding carboxylic acids is 1. The van der Waals surface area contributed by atoms with Crippen molar-refractivity contribution in [2.45, 2.75) is 38.9 Å². The topological polar surface area (TPSA) is 108 Å². The van der Waals surface area contributed by atoms with Crippen LogP contribution >= 0.6 is 0 Å². The van der Waals surface area contributed by atoms with Gasteiger partial charge in [-0.05, 0) is 56.7 Å². The lowest BCUT2D eigenvalue weighted by molar-refractivity contribution is -0.137. The normalized spacial score (nSPS) is 18.1. The van der Waals surface area contributed by atoms with E-state index in [4.69, 9.17) is 25.7 Å². The van der Waals surface area contributed by atoms with Crippen molar-refractivity contribution in [2.75, 3.05) is 25.1 Å². The molecule has 3 heterocycles. The van der Waals surface area contributed by atoms with Crippen LogP contribution in [0.15, 0.2) is 67.0 Å². The summed E-state index contributed by atoms with van der Waals surface area (Å²) in [5, 5.41) is 10.0. The second-order valence-corrected chi connectivity index (χ2v) is 10.1. The van der Waals surface area contributed by atoms with Crippen LogP contribution in [0, 0.1) is 11.3 Å². The Morgan fingerprint density at radius 3 is 2.28 bits per heavy atom. The fraction of sp³-hybridized carbons (Fsp3) is 0.290. The SMILES string of the molecule is COc1c(-c2ccc(N3CC(C)N(C(=O)C(C)N)C(C)C3)nc2)cnc2c(-c3ccc(C#N)cc3)cccc12. The van der Waals surface area contributed by atoms with Crippen molar-refractivity contribution < 1.29 is 9.53 Å². The Bertz CT molecular complexity index is 1530. The van der Waals surface area contributed by atoms with E-state index in [1.54, 1.807) is 14.0 Å². The fourth-order valence-corrected chi connectivity index (χ4v) is 5.49. The van der Waals surface area contributed by atoms with Gasteiger partial charge in [0.1, 0.15) is 11.6 Å². The lowest BCUT2D eigenvalue weighted by Crippen LogP contribution is -2.61. The van der Waals surface area contributed by atoms with Crippen molar-refractivity contribution in [2.24, 2.45) is 5.73 Å². The molecule has 0 aliphatic carbocycles. The number of rotatable bonds is 5. The molecule has 3 unspecified atom stereocenters. The first-order valence-electron chi connectivity index (χ1n) is 13.1. The van der Waals surface area contributed by atoms with E-state index >= 15 is 0 Å². The van der Waals surface area contributed by atoms with Gasteiger partial charge < -0.3 is 20.3 Å². The first-order chi connectivity index (χ1) is 18.8. The highest BCUT2D eigenvalue weighted by Gasteiger charge is 2.34. The van der Waals surface area contributed by atoms with Crippen LogP contribution in [0.1, 0.15) is 26.3 Å². The van der Waals surface area contributed by atoms with Gasteiger partial charge in [-0.25, -0.2) is 4.98 Å². The Labute approximate surface area is 228 Å². The second-order valence-electron chi connectivity index (χ2n) is 10.1. The quantitative estimate of drug-likeness (QED) is 0.409. The Morgan fingerprint density at radius 1 is 1.00 bits per heavy atom. The number of nitrogens with two attached hydrogens (primary N) is 1. The molecule has 2 aromatic heterocycles. The van der Waals surface area contributed by atoms with E-state index < -0.39 is 6.04 Å². The summed E-state index contributed by atoms with van der Waals surface area (Å²) in [7, 11) is 1.67. The molecule has 8 heteroatoms. The number of ether oxygens (including phenoxy) is 1. The summed E-state index contributed by atoms with van der Waals surface area (Å²) in [6.07, 6.45) is 3.67. The van der Waals surface area contributed by atoms with E-state index in [0.717, 1.165) is 44.7 Å². The molecular weight excluding hydrogens is 488 g/mol. The van der Waals surface area contributed by atoms with E-state index in [9.17, 15) is 4.79 Å². The average molecular weight is 521 g/mol. The van der Waals surface area contributed by atoms with Crippen molar-refractivity contribution in [1.82, 2.24) is 14.9 Å². The highest BCUT2D eigenvalue weighted by molar-refractivity contribution is 6.00. The minimum absolute atomic E-state index is 0.0174. The third kappa shape index (κ3) is 4.89. The van der Waals surface area contributed by atoms with Gasteiger partial charge in [0.05, 0.1) is 30.3 Å². The number of amides is 1. The van der Waals surface area contributed by atoms with Gasteiger partial charge in [-0.1, -0.05) is 24.3 Å². The largest absolute Gasteiger partial charge is 0.495 e. The maximum absolute atomic E-state index is 12.6. The lowest BCUT2D eigenvalue weighted by atomic mass is 9.98. The van der Waals surface area contributed by atoms with Crippen molar-refractivity contribution in [3.05, 3.63) is 72.6 Å². The van der Waals surface area contributed by atoms with Crippen LogP contribution in [0.5, 0.6) is 5.75 Å². The molecule has 0 bridgehead atoms. The molecule has 1 aliphatic rings. The van der Waals surface area contributed by atoms with E-state index in [-0.39, 0.29) is 18.0 Å². The maximum atomic E-state index is 12.6. The lowest BCUT2D eigenvalue weighted by Gasteiger charge is -2.45. The molecular formula is C31H32N6O2. The number of hydrogen-bond acceptors (Lipinski definition) is 7. The molecule has 0 radical (unpaired) electrons. The third-order valence-electron chi connectivity index (χ3n) is 7.32. The predicted octanol–water partition coefficient (Wildman–Crippen LogP) is 4.62. The molecule has 1 amide bonds. The summed E-state index contributed by atoms with van der Waals surface area (Å²) in [6, 6.07) is 19.3. The van der Waals surface area contributed by atoms with Gasteiger partial charge in [0.25, 0.3) is 0 Å². The van der Waals surface area contributed by atoms with Crippen LogP contribution in [-0.4, -0.2) is 59.1 Å². The number of aromatic nitrogens is 2. The molecule has 8 nitrogen and oxygen atoms in total. The van der Waals surface area contributed by atoms with Gasteiger partial charge >= 0.3 is 0 Å². The molecule has 2 N–H and O–H groups in total. The average Bonchev–Trinajstić information content (AvgIpc) is 2.95. The van der Waals surface area contributed by atoms with E-state index in [1.165, 1.54) is 0 Å². The number of para-hydroxylation sites is 1. The number of pyridine rings is 2. The van der Waals surface area contributed by atoms with Crippen LogP contribution in [0.3, 0.4) is 0 Å². The number of nitrogens with zero attached hydrogens (tertiary/aromatic N) is 5. The standard InChI is InChI=1S/C31H32N6O2/c1-19-17-36(18-20(2)37(19)31(38)21(3)33)28-13-12-24(15-34-28)27-16-35-29-25(6-5-7-26(29)30(27)39-4)23-10-8-22(14-32)9-11-23/h5-13,15-16,19-21H,17-18,33H2,1-4H3. The van der Waals surface area contributed by atoms with Crippen LogP contribution in [-0.2, 0) is 4.79 Å². The Hall–Kier alpha value is -4.48. The number of piperazine rings is 1. The minimum Gasteiger partial charge on any atom is -0.495 e. The van der Waals surface area contributed by atoms with E-state index in [2.05, 4.69) is 24.8 Å². The maximum Gasteiger partial charge on any atom is 0.239 e. The molecule has 1 aliphatic heterocycles. The smallest absolute Gasteiger partial charge is 0.239 e. The van der Waals surface area contributed by atoms with Crippen LogP contribution < -0.4 is 15.4 Å². The third-order valence-corrected chi connectivity index (χ3v) is 7.32. The van der Waals surface area contributed by atoms with Crippen molar-refractivity contribution in [1.29, 1.82) is 5.26 Å². The van der Waals surface area contributed by atoms with Gasteiger partial charge in [-0.3, -0.25) is 9.78 Å². The monoisotopic (exact) mass is 520 g/mol. The Kier molecular flexibility index (Phi) is 7.18. The number of benzene rings is 2. The highest BCUT2D eigenvalue weighted by atomic mass is 16.5. The number of methoxy groups -OCH3 is 1. The van der Waals surface area contributed by atoms with Crippen molar-refractivity contribution >= 4 is 22.6 Å². The molecule has 2 aromatic carbocycles. The molecule has 0 spiro atoms. The van der Waals surface area contributed by atoms with Crippen molar-refractivity contribution in [3.63, 3.8) is 0 Å². The Balaban J connectivity index is 1.44. The summed E-state index contributed by atoms with van der Waals surface area (Å²) in [4.78, 5) is 26.3. The van der Waals surface area contributed by atoms with Gasteiger partial charge in [0.2, 0.25) is 5.91 Å². The summed E-state index contributed by atoms with van der Waals surface area (Å²) in [5.74, 6) is 1.58. The van der Waals surface area contributed by atoms with Crippen LogP contribution in [0.25, 0.3) is 33.2 Å². The zero-order chi connectivity index (χ0) is 27.7. The van der Waals surface area contributed by atoms with E-state index in [0.29, 0.717) is 18.7 Å². The first-order valence-corrected chi connectivity index (χ1v) is 13.1. The fourth-order valence-electron chi connectivity index (χ4n) is 5.49. The zero-order valence-corrected chi connectivity index (χ0v) is 22.6. The molecule has 3 atom stereocenters. The van der Waals surface area contributed by atoms with Crippen LogP contribution in [0.2, 0.25) is 0 Å². The molecule has 0 saturated carbocycles. The summed E-state index contributed by atoms with van der Waals surface area (Å²) in [6.45, 7) is 7.21. The van der Waals surface area contributed by atoms with Gasteiger partial charge in [-0.2, -0.15) is 5.26 Å². The number of hydrogen-bond donors (Lipinski definition) is 1. The number of nitriles is 1. The number of carbonyl (C=O) groups is 1. The molecule has 5 rings (SSSR count). The number of anilines is 1. The molecule has 1 fully saturated rings. The Morgan fingerprint density at radius 2 is 1.69 bits per heavy atom. The highest BCUT2D eigenvalue weighted by Crippen LogP contribution is 2.39. The summed E-state index contributed by atoms with van der Waals surface area (Å²) < 4.78 is 5.90. The van der Waals surface area contributed by atoms with Gasteiger partial charge in [0, 0.05) is 59.6 Å². The molecule has 39 heavy (non-hydrogen) atoms. The summed E-state index contributed by atoms with van der Waals surface area (Å²) >= 11 is 0. The molecule has 4 aromatic rings. The predicted molar refractivity (Wildman–Crippen MR) is 153 cm³/mol. The molecule has 1 saturated heterocycles. The minimum atomic E-state index is -0.510. The summed E-state index contributed by atoms with van der Waals surface area (Å²) in [5.41, 5.74) is 11.0. The second kappa shape index (κ2) is 10.7.